The number of thioether (sulfide) groups is 1. The van der Waals surface area contributed by atoms with Gasteiger partial charge in [0.2, 0.25) is 0 Å². The summed E-state index contributed by atoms with van der Waals surface area (Å²) in [6.45, 7) is 4.11. The van der Waals surface area contributed by atoms with Crippen LogP contribution in [0.5, 0.6) is 0 Å². The average Bonchev–Trinajstić information content (AvgIpc) is 2.23. The quantitative estimate of drug-likeness (QED) is 0.361. The molecule has 0 fully saturated rings. The highest BCUT2D eigenvalue weighted by Gasteiger charge is 2.04. The van der Waals surface area contributed by atoms with E-state index in [9.17, 15) is 4.79 Å². The maximum atomic E-state index is 11.1. The summed E-state index contributed by atoms with van der Waals surface area (Å²) >= 11 is 1.50. The summed E-state index contributed by atoms with van der Waals surface area (Å²) in [6.07, 6.45) is 1.18. The molecule has 0 atom stereocenters. The second kappa shape index (κ2) is 7.11. The molecule has 0 bridgehead atoms. The molecule has 1 rings (SSSR count). The van der Waals surface area contributed by atoms with Crippen LogP contribution >= 0.6 is 11.8 Å². The van der Waals surface area contributed by atoms with Crippen LogP contribution in [0.3, 0.4) is 0 Å². The van der Waals surface area contributed by atoms with Crippen molar-refractivity contribution in [2.24, 2.45) is 0 Å². The van der Waals surface area contributed by atoms with Crippen LogP contribution in [0.1, 0.15) is 25.5 Å². The molecule has 2 N–H and O–H groups in total. The van der Waals surface area contributed by atoms with Gasteiger partial charge in [0.1, 0.15) is 5.82 Å². The van der Waals surface area contributed by atoms with Crippen LogP contribution in [0.15, 0.2) is 11.2 Å². The first kappa shape index (κ1) is 13.8. The molecule has 0 amide bonds. The average molecular weight is 255 g/mol. The maximum absolute atomic E-state index is 11.1. The summed E-state index contributed by atoms with van der Waals surface area (Å²) in [5.74, 6) is 1.10. The van der Waals surface area contributed by atoms with Gasteiger partial charge in [0.15, 0.2) is 5.16 Å². The number of aryl methyl sites for hydroxylation is 1. The van der Waals surface area contributed by atoms with Crippen molar-refractivity contribution in [3.8, 4) is 0 Å². The van der Waals surface area contributed by atoms with Gasteiger partial charge < -0.3 is 10.5 Å². The first-order valence-corrected chi connectivity index (χ1v) is 6.50. The lowest BCUT2D eigenvalue weighted by molar-refractivity contribution is -0.143. The molecule has 0 unspecified atom stereocenters. The van der Waals surface area contributed by atoms with E-state index in [2.05, 4.69) is 9.97 Å². The number of nitrogens with two attached hydrogens (primary N) is 1. The van der Waals surface area contributed by atoms with Crippen LogP contribution in [0.4, 0.5) is 5.82 Å². The fourth-order valence-electron chi connectivity index (χ4n) is 1.24. The summed E-state index contributed by atoms with van der Waals surface area (Å²) < 4.78 is 4.83. The fraction of sp³-hybridized carbons (Fsp3) is 0.545. The minimum atomic E-state index is -0.155. The molecule has 0 saturated heterocycles. The molecule has 17 heavy (non-hydrogen) atoms. The van der Waals surface area contributed by atoms with Gasteiger partial charge >= 0.3 is 5.97 Å². The van der Waals surface area contributed by atoms with Crippen molar-refractivity contribution in [1.82, 2.24) is 9.97 Å². The molecule has 0 aliphatic heterocycles. The molecule has 0 aliphatic carbocycles. The van der Waals surface area contributed by atoms with Crippen LogP contribution in [0.25, 0.3) is 0 Å². The first-order chi connectivity index (χ1) is 8.11. The number of hydrogen-bond donors (Lipinski definition) is 1. The van der Waals surface area contributed by atoms with Crippen LogP contribution in [0, 0.1) is 6.92 Å². The van der Waals surface area contributed by atoms with Gasteiger partial charge in [-0.25, -0.2) is 9.97 Å². The van der Waals surface area contributed by atoms with E-state index in [0.717, 1.165) is 17.9 Å². The summed E-state index contributed by atoms with van der Waals surface area (Å²) in [6, 6.07) is 1.72. The number of hydrogen-bond acceptors (Lipinski definition) is 6. The molecule has 0 radical (unpaired) electrons. The predicted molar refractivity (Wildman–Crippen MR) is 67.8 cm³/mol. The highest BCUT2D eigenvalue weighted by atomic mass is 32.2. The monoisotopic (exact) mass is 255 g/mol. The van der Waals surface area contributed by atoms with Crippen molar-refractivity contribution >= 4 is 23.5 Å². The Kier molecular flexibility index (Phi) is 5.76. The summed E-state index contributed by atoms with van der Waals surface area (Å²) in [4.78, 5) is 19.4. The topological polar surface area (TPSA) is 78.1 Å². The van der Waals surface area contributed by atoms with Gasteiger partial charge in [-0.3, -0.25) is 4.79 Å². The van der Waals surface area contributed by atoms with Gasteiger partial charge in [0, 0.05) is 23.9 Å². The Bertz CT molecular complexity index is 365. The first-order valence-electron chi connectivity index (χ1n) is 5.51. The van der Waals surface area contributed by atoms with E-state index in [1.807, 2.05) is 6.92 Å². The lowest BCUT2D eigenvalue weighted by atomic mass is 10.3. The lowest BCUT2D eigenvalue weighted by Gasteiger charge is -2.03. The van der Waals surface area contributed by atoms with Crippen molar-refractivity contribution in [3.63, 3.8) is 0 Å². The molecule has 1 heterocycles. The van der Waals surface area contributed by atoms with E-state index in [-0.39, 0.29) is 5.97 Å². The third kappa shape index (κ3) is 5.53. The van der Waals surface area contributed by atoms with E-state index in [4.69, 9.17) is 10.5 Å². The second-order valence-electron chi connectivity index (χ2n) is 3.47. The Balaban J connectivity index is 2.28. The fourth-order valence-corrected chi connectivity index (χ4v) is 2.09. The molecule has 0 aromatic carbocycles. The second-order valence-corrected chi connectivity index (χ2v) is 4.54. The molecule has 0 saturated carbocycles. The number of aromatic nitrogens is 2. The number of anilines is 1. The number of carbonyl (C=O) groups is 1. The third-order valence-corrected chi connectivity index (χ3v) is 2.85. The normalized spacial score (nSPS) is 10.2. The Hall–Kier alpha value is -1.30. The largest absolute Gasteiger partial charge is 0.466 e. The van der Waals surface area contributed by atoms with Crippen LogP contribution in [0.2, 0.25) is 0 Å². The van der Waals surface area contributed by atoms with Crippen molar-refractivity contribution < 1.29 is 9.53 Å². The Labute approximate surface area is 105 Å². The number of nitrogens with zero attached hydrogens (tertiary/aromatic N) is 2. The highest BCUT2D eigenvalue weighted by molar-refractivity contribution is 7.99. The van der Waals surface area contributed by atoms with Gasteiger partial charge in [-0.05, 0) is 20.3 Å². The van der Waals surface area contributed by atoms with E-state index in [1.165, 1.54) is 11.8 Å². The number of esters is 1. The minimum Gasteiger partial charge on any atom is -0.466 e. The molecule has 0 spiro atoms. The summed E-state index contributed by atoms with van der Waals surface area (Å²) in [7, 11) is 0. The summed E-state index contributed by atoms with van der Waals surface area (Å²) in [5, 5.41) is 0.659. The Morgan fingerprint density at radius 2 is 2.29 bits per heavy atom. The van der Waals surface area contributed by atoms with Crippen LogP contribution < -0.4 is 5.73 Å². The van der Waals surface area contributed by atoms with Gasteiger partial charge in [0.05, 0.1) is 6.61 Å². The Morgan fingerprint density at radius 3 is 2.94 bits per heavy atom. The van der Waals surface area contributed by atoms with Gasteiger partial charge in [-0.1, -0.05) is 11.8 Å². The van der Waals surface area contributed by atoms with Crippen molar-refractivity contribution in [2.45, 2.75) is 31.8 Å². The van der Waals surface area contributed by atoms with Gasteiger partial charge in [-0.15, -0.1) is 0 Å². The number of rotatable bonds is 6. The third-order valence-electron chi connectivity index (χ3n) is 1.92. The Morgan fingerprint density at radius 1 is 1.53 bits per heavy atom. The smallest absolute Gasteiger partial charge is 0.305 e. The summed E-state index contributed by atoms with van der Waals surface area (Å²) in [5.41, 5.74) is 6.47. The van der Waals surface area contributed by atoms with E-state index in [1.54, 1.807) is 13.0 Å². The standard InChI is InChI=1S/C11H17N3O2S/c1-3-16-10(15)5-4-6-17-11-13-8(2)7-9(12)14-11/h7H,3-6H2,1-2H3,(H2,12,13,14). The SMILES string of the molecule is CCOC(=O)CCCSc1nc(C)cc(N)n1. The molecule has 1 aromatic rings. The van der Waals surface area contributed by atoms with Crippen molar-refractivity contribution in [3.05, 3.63) is 11.8 Å². The molecule has 1 aromatic heterocycles. The number of carbonyl (C=O) groups excluding carboxylic acids is 1. The van der Waals surface area contributed by atoms with E-state index >= 15 is 0 Å². The van der Waals surface area contributed by atoms with Crippen LogP contribution in [-0.4, -0.2) is 28.3 Å². The van der Waals surface area contributed by atoms with Gasteiger partial charge in [-0.2, -0.15) is 0 Å². The zero-order valence-corrected chi connectivity index (χ0v) is 10.9. The molecule has 94 valence electrons. The minimum absolute atomic E-state index is 0.155. The van der Waals surface area contributed by atoms with E-state index in [0.29, 0.717) is 24.0 Å². The molecule has 0 aliphatic rings. The molecule has 5 nitrogen and oxygen atoms in total. The maximum Gasteiger partial charge on any atom is 0.305 e. The lowest BCUT2D eigenvalue weighted by Crippen LogP contribution is -2.04. The van der Waals surface area contributed by atoms with Gasteiger partial charge in [0.25, 0.3) is 0 Å². The zero-order valence-electron chi connectivity index (χ0n) is 10.1. The number of ether oxygens (including phenoxy) is 1. The molecular formula is C11H17N3O2S. The highest BCUT2D eigenvalue weighted by Crippen LogP contribution is 2.16. The molecule has 6 heteroatoms. The zero-order chi connectivity index (χ0) is 12.7. The van der Waals surface area contributed by atoms with Crippen molar-refractivity contribution in [1.29, 1.82) is 0 Å². The van der Waals surface area contributed by atoms with Crippen molar-refractivity contribution in [2.75, 3.05) is 18.1 Å². The predicted octanol–water partition coefficient (Wildman–Crippen LogP) is 1.80. The van der Waals surface area contributed by atoms with Crippen LogP contribution in [-0.2, 0) is 9.53 Å². The molecular weight excluding hydrogens is 238 g/mol. The number of nitrogen functional groups attached to an aromatic ring is 1. The van der Waals surface area contributed by atoms with E-state index < -0.39 is 0 Å².